The third-order valence-corrected chi connectivity index (χ3v) is 0. The Morgan fingerprint density at radius 3 is 1.08 bits per heavy atom. The second-order valence-electron chi connectivity index (χ2n) is 0.894. The molecule has 0 unspecified atom stereocenters. The van der Waals surface area contributed by atoms with E-state index in [1.54, 1.807) is 0 Å². The fourth-order valence-corrected chi connectivity index (χ4v) is 0. The van der Waals surface area contributed by atoms with Gasteiger partial charge in [-0.1, -0.05) is 0 Å². The Morgan fingerprint density at radius 2 is 1.08 bits per heavy atom. The Labute approximate surface area is 114 Å². The maximum Gasteiger partial charge on any atom is 1.00 e. The fourth-order valence-electron chi connectivity index (χ4n) is 0. The first-order valence-corrected chi connectivity index (χ1v) is 4.38. The van der Waals surface area contributed by atoms with E-state index in [-0.39, 0.29) is 54.6 Å². The van der Waals surface area contributed by atoms with Crippen LogP contribution in [0.1, 0.15) is 0 Å². The van der Waals surface area contributed by atoms with Crippen molar-refractivity contribution in [1.29, 1.82) is 5.72 Å². The van der Waals surface area contributed by atoms with Crippen molar-refractivity contribution in [2.24, 2.45) is 0 Å². The molecule has 0 aliphatic carbocycles. The van der Waals surface area contributed by atoms with Gasteiger partial charge in [-0.2, -0.15) is 0 Å². The number of hydrogen-bond donors (Lipinski definition) is 4. The zero-order valence-electron chi connectivity index (χ0n) is 9.32. The maximum atomic E-state index is 9.58. The van der Waals surface area contributed by atoms with Crippen LogP contribution in [-0.2, 0) is 9.13 Å². The largest absolute Gasteiger partial charge is 1.00 e. The van der Waals surface area contributed by atoms with Gasteiger partial charge in [0.1, 0.15) is 0 Å². The number of rotatable bonds is 4. The molecule has 0 rings (SSSR count). The average molecular weight is 607 g/mol. The summed E-state index contributed by atoms with van der Waals surface area (Å²) in [6.45, 7) is 0. The number of phosphoric acid groups is 2. The molecule has 0 atom stereocenters. The maximum absolute atomic E-state index is 9.58. The van der Waals surface area contributed by atoms with Crippen molar-refractivity contribution in [3.8, 4) is 0 Å². The van der Waals surface area contributed by atoms with Gasteiger partial charge in [-0.15, -0.1) is 0 Å². The molecule has 0 fully saturated rings. The zero-order valence-corrected chi connectivity index (χ0v) is 16.1. The summed E-state index contributed by atoms with van der Waals surface area (Å²) in [6, 6.07) is 0. The first kappa shape index (κ1) is 12.1. The molecule has 4 N–H and O–H groups in total. The molecule has 0 spiro atoms. The van der Waals surface area contributed by atoms with Gasteiger partial charge in [0, 0.05) is 0 Å². The third kappa shape index (κ3) is 347. The molecule has 0 aromatic heterocycles. The van der Waals surface area contributed by atoms with Crippen LogP contribution >= 0.6 is 15.6 Å². The van der Waals surface area contributed by atoms with E-state index < -0.39 is 15.6 Å². The molecule has 8 nitrogen and oxygen atoms in total. The quantitative estimate of drug-likeness (QED) is 0.187. The SMILES string of the molecule is [2H]OP(=O)([O-])O[2H].[2H]OP(=O)([O-])O[2H].[Tl+].[Tl+]. The average Bonchev–Trinajstić information content (AvgIpc) is 2.19. The second kappa shape index (κ2) is 9.61. The number of hydrogen-bond acceptors (Lipinski definition) is 8. The van der Waals surface area contributed by atoms with Crippen molar-refractivity contribution >= 4 is 70.2 Å². The Morgan fingerprint density at radius 1 is 0.917 bits per heavy atom. The summed E-state index contributed by atoms with van der Waals surface area (Å²) >= 11 is 0. The van der Waals surface area contributed by atoms with Crippen LogP contribution in [0, 0.1) is 0 Å². The molecular formula is H4O8P2Tl2. The Kier molecular flexibility index (Phi) is 9.72. The summed E-state index contributed by atoms with van der Waals surface area (Å²) in [6.07, 6.45) is 0. The Hall–Kier alpha value is 2.06. The van der Waals surface area contributed by atoms with E-state index in [9.17, 15) is 18.9 Å². The van der Waals surface area contributed by atoms with Crippen molar-refractivity contribution in [2.75, 3.05) is 0 Å². The summed E-state index contributed by atoms with van der Waals surface area (Å²) < 4.78 is 41.9. The first-order chi connectivity index (χ1) is 6.24. The molecule has 0 heterocycles. The van der Waals surface area contributed by atoms with Crippen LogP contribution in [-0.4, -0.2) is 79.9 Å². The van der Waals surface area contributed by atoms with Crippen LogP contribution in [0.5, 0.6) is 0 Å². The van der Waals surface area contributed by atoms with Gasteiger partial charge in [0.15, 0.2) is 0 Å². The molecule has 12 heavy (non-hydrogen) atoms. The van der Waals surface area contributed by atoms with Crippen LogP contribution in [0.25, 0.3) is 0 Å². The van der Waals surface area contributed by atoms with Gasteiger partial charge in [0.2, 0.25) is 5.72 Å². The van der Waals surface area contributed by atoms with Gasteiger partial charge >= 0.3 is 54.6 Å². The monoisotopic (exact) mass is 608 g/mol. The molecule has 0 radical (unpaired) electrons. The normalized spacial score (nSPS) is 14.2. The van der Waals surface area contributed by atoms with E-state index in [0.717, 1.165) is 0 Å². The summed E-state index contributed by atoms with van der Waals surface area (Å²) in [5.74, 6) is 0. The molecule has 68 valence electrons. The molecule has 0 aliphatic heterocycles. The summed E-state index contributed by atoms with van der Waals surface area (Å²) in [7, 11) is -9.14. The third-order valence-electron chi connectivity index (χ3n) is 0. The van der Waals surface area contributed by atoms with Crippen molar-refractivity contribution < 1.29 is 38.5 Å². The van der Waals surface area contributed by atoms with E-state index in [1.807, 2.05) is 0 Å². The molecule has 0 aliphatic rings. The topological polar surface area (TPSA) is 161 Å². The molecule has 0 saturated carbocycles. The predicted molar refractivity (Wildman–Crippen MR) is 35.6 cm³/mol. The van der Waals surface area contributed by atoms with E-state index >= 15 is 0 Å². The van der Waals surface area contributed by atoms with Gasteiger partial charge in [-0.3, -0.25) is 9.13 Å². The minimum absolute atomic E-state index is 0. The molecule has 0 amide bonds. The van der Waals surface area contributed by atoms with Gasteiger partial charge in [0.25, 0.3) is 15.6 Å². The van der Waals surface area contributed by atoms with E-state index in [0.29, 0.717) is 0 Å². The Balaban J connectivity index is -0.0000000800. The van der Waals surface area contributed by atoms with Gasteiger partial charge in [0.05, 0.1) is 0 Å². The van der Waals surface area contributed by atoms with Gasteiger partial charge in [-0.25, -0.2) is 0 Å². The van der Waals surface area contributed by atoms with Crippen molar-refractivity contribution in [1.82, 2.24) is 0 Å². The standard InChI is InChI=1S/2H3O4P.2Tl/c2*1-5(2,3)4;;/h2*(H3,1,2,3,4);;/q;;2*+1/p-2/i/hD4. The fraction of sp³-hybridized carbons (Fsp3) is 0. The van der Waals surface area contributed by atoms with Crippen molar-refractivity contribution in [2.45, 2.75) is 0 Å². The molecule has 0 bridgehead atoms. The minimum Gasteiger partial charge on any atom is -0.756 e. The molecule has 0 aromatic rings. The molecule has 12 heteroatoms. The van der Waals surface area contributed by atoms with Crippen LogP contribution < -0.4 is 9.79 Å². The van der Waals surface area contributed by atoms with Crippen molar-refractivity contribution in [3.63, 3.8) is 0 Å². The van der Waals surface area contributed by atoms with E-state index in [4.69, 9.17) is 5.72 Å². The van der Waals surface area contributed by atoms with Crippen LogP contribution in [0.3, 0.4) is 0 Å². The van der Waals surface area contributed by atoms with Crippen molar-refractivity contribution in [3.05, 3.63) is 0 Å². The molecule has 0 aromatic carbocycles. The summed E-state index contributed by atoms with van der Waals surface area (Å²) in [5, 5.41) is 0. The molecule has 0 saturated heterocycles. The van der Waals surface area contributed by atoms with Gasteiger partial charge < -0.3 is 29.4 Å². The molecular weight excluding hydrogens is 599 g/mol. The summed E-state index contributed by atoms with van der Waals surface area (Å²) in [4.78, 5) is 30.9. The van der Waals surface area contributed by atoms with Crippen LogP contribution in [0.15, 0.2) is 0 Å². The van der Waals surface area contributed by atoms with E-state index in [1.165, 1.54) is 0 Å². The van der Waals surface area contributed by atoms with Gasteiger partial charge in [-0.05, 0) is 0 Å². The second-order valence-corrected chi connectivity index (χ2v) is 2.68. The predicted octanol–water partition coefficient (Wildman–Crippen LogP) is -3.88. The summed E-state index contributed by atoms with van der Waals surface area (Å²) in [5.41, 5.74) is 0. The minimum atomic E-state index is -4.57. The van der Waals surface area contributed by atoms with E-state index in [2.05, 4.69) is 19.6 Å². The van der Waals surface area contributed by atoms with Crippen LogP contribution in [0.2, 0.25) is 0 Å². The zero-order chi connectivity index (χ0) is 11.8. The Bertz CT molecular complexity index is 196. The van der Waals surface area contributed by atoms with Crippen LogP contribution in [0.4, 0.5) is 0 Å². The smallest absolute Gasteiger partial charge is 0.756 e. The first-order valence-electron chi connectivity index (χ1n) is 3.09.